The van der Waals surface area contributed by atoms with Crippen molar-refractivity contribution in [2.75, 3.05) is 6.54 Å². The van der Waals surface area contributed by atoms with Gasteiger partial charge < -0.3 is 4.90 Å². The number of likely N-dealkylation sites (tertiary alicyclic amines) is 1. The van der Waals surface area contributed by atoms with Gasteiger partial charge in [0.2, 0.25) is 5.91 Å². The second-order valence-electron chi connectivity index (χ2n) is 6.88. The summed E-state index contributed by atoms with van der Waals surface area (Å²) in [6.45, 7) is 0.808. The maximum absolute atomic E-state index is 13.3. The molecule has 1 aromatic rings. The van der Waals surface area contributed by atoms with Crippen LogP contribution in [0.3, 0.4) is 0 Å². The van der Waals surface area contributed by atoms with E-state index in [1.165, 1.54) is 6.07 Å². The second-order valence-corrected chi connectivity index (χ2v) is 7.80. The number of alkyl halides is 3. The molecular weight excluding hydrogens is 383 g/mol. The number of halogens is 4. The van der Waals surface area contributed by atoms with E-state index in [9.17, 15) is 18.0 Å². The SMILES string of the molecule is O=C1CCCN1C1CCCC(Cc2ccc(Br)cc2C(F)(F)F)C1. The first-order chi connectivity index (χ1) is 11.3. The normalized spacial score (nSPS) is 25.3. The average Bonchev–Trinajstić information content (AvgIpc) is 2.94. The lowest BCUT2D eigenvalue weighted by molar-refractivity contribution is -0.138. The van der Waals surface area contributed by atoms with Crippen LogP contribution in [0.4, 0.5) is 13.2 Å². The molecule has 1 heterocycles. The van der Waals surface area contributed by atoms with Crippen molar-refractivity contribution in [3.63, 3.8) is 0 Å². The highest BCUT2D eigenvalue weighted by Crippen LogP contribution is 2.38. The predicted octanol–water partition coefficient (Wildman–Crippen LogP) is 5.19. The van der Waals surface area contributed by atoms with E-state index in [1.54, 1.807) is 12.1 Å². The molecule has 1 saturated carbocycles. The Kier molecular flexibility index (Phi) is 5.23. The molecule has 0 N–H and O–H groups in total. The molecule has 2 fully saturated rings. The van der Waals surface area contributed by atoms with E-state index in [1.807, 2.05) is 4.90 Å². The maximum Gasteiger partial charge on any atom is 0.416 e. The largest absolute Gasteiger partial charge is 0.416 e. The molecule has 2 nitrogen and oxygen atoms in total. The molecule has 0 spiro atoms. The van der Waals surface area contributed by atoms with E-state index in [-0.39, 0.29) is 17.9 Å². The van der Waals surface area contributed by atoms with Gasteiger partial charge in [0.05, 0.1) is 5.56 Å². The van der Waals surface area contributed by atoms with E-state index in [0.29, 0.717) is 22.9 Å². The third-order valence-electron chi connectivity index (χ3n) is 5.19. The topological polar surface area (TPSA) is 20.3 Å². The molecular formula is C18H21BrF3NO. The van der Waals surface area contributed by atoms with E-state index in [0.717, 1.165) is 38.6 Å². The number of benzene rings is 1. The van der Waals surface area contributed by atoms with Crippen LogP contribution in [0.5, 0.6) is 0 Å². The molecule has 1 saturated heterocycles. The summed E-state index contributed by atoms with van der Waals surface area (Å²) in [6.07, 6.45) is 1.34. The lowest BCUT2D eigenvalue weighted by Crippen LogP contribution is -2.40. The van der Waals surface area contributed by atoms with Crippen molar-refractivity contribution < 1.29 is 18.0 Å². The molecule has 1 aliphatic carbocycles. The summed E-state index contributed by atoms with van der Waals surface area (Å²) < 4.78 is 40.3. The Labute approximate surface area is 148 Å². The molecule has 1 aromatic carbocycles. The van der Waals surface area contributed by atoms with Crippen LogP contribution < -0.4 is 0 Å². The minimum absolute atomic E-state index is 0.208. The Hall–Kier alpha value is -1.04. The molecule has 0 aromatic heterocycles. The first kappa shape index (κ1) is 17.8. The third-order valence-corrected chi connectivity index (χ3v) is 5.69. The monoisotopic (exact) mass is 403 g/mol. The van der Waals surface area contributed by atoms with Gasteiger partial charge in [-0.1, -0.05) is 28.4 Å². The van der Waals surface area contributed by atoms with Gasteiger partial charge in [0.25, 0.3) is 0 Å². The van der Waals surface area contributed by atoms with Crippen LogP contribution >= 0.6 is 15.9 Å². The van der Waals surface area contributed by atoms with Gasteiger partial charge in [0.1, 0.15) is 0 Å². The molecule has 2 aliphatic rings. The summed E-state index contributed by atoms with van der Waals surface area (Å²) in [7, 11) is 0. The predicted molar refractivity (Wildman–Crippen MR) is 89.5 cm³/mol. The smallest absolute Gasteiger partial charge is 0.340 e. The second kappa shape index (κ2) is 7.06. The van der Waals surface area contributed by atoms with Gasteiger partial charge in [-0.25, -0.2) is 0 Å². The van der Waals surface area contributed by atoms with Crippen LogP contribution in [0, 0.1) is 5.92 Å². The summed E-state index contributed by atoms with van der Waals surface area (Å²) in [5, 5.41) is 0. The van der Waals surface area contributed by atoms with E-state index >= 15 is 0 Å². The molecule has 0 bridgehead atoms. The van der Waals surface area contributed by atoms with Crippen LogP contribution in [-0.4, -0.2) is 23.4 Å². The van der Waals surface area contributed by atoms with E-state index in [2.05, 4.69) is 15.9 Å². The van der Waals surface area contributed by atoms with Crippen LogP contribution in [0.2, 0.25) is 0 Å². The number of carbonyl (C=O) groups excluding carboxylic acids is 1. The van der Waals surface area contributed by atoms with Crippen molar-refractivity contribution in [1.29, 1.82) is 0 Å². The number of hydrogen-bond donors (Lipinski definition) is 0. The van der Waals surface area contributed by atoms with Gasteiger partial charge in [-0.3, -0.25) is 4.79 Å². The molecule has 6 heteroatoms. The molecule has 0 radical (unpaired) electrons. The summed E-state index contributed by atoms with van der Waals surface area (Å²) in [5.41, 5.74) is -0.180. The van der Waals surface area contributed by atoms with Gasteiger partial charge in [0.15, 0.2) is 0 Å². The van der Waals surface area contributed by atoms with Crippen LogP contribution in [0.25, 0.3) is 0 Å². The van der Waals surface area contributed by atoms with E-state index in [4.69, 9.17) is 0 Å². The fraction of sp³-hybridized carbons (Fsp3) is 0.611. The van der Waals surface area contributed by atoms with Crippen molar-refractivity contribution in [2.24, 2.45) is 5.92 Å². The molecule has 132 valence electrons. The first-order valence-electron chi connectivity index (χ1n) is 8.49. The van der Waals surface area contributed by atoms with Gasteiger partial charge in [-0.2, -0.15) is 13.2 Å². The standard InChI is InChI=1S/C18H21BrF3NO/c19-14-7-6-13(16(11-14)18(20,21)22)9-12-3-1-4-15(10-12)23-8-2-5-17(23)24/h6-7,11-12,15H,1-5,8-10H2. The van der Waals surface area contributed by atoms with Crippen molar-refractivity contribution in [1.82, 2.24) is 4.90 Å². The van der Waals surface area contributed by atoms with Gasteiger partial charge in [0, 0.05) is 23.5 Å². The Morgan fingerprint density at radius 2 is 2.00 bits per heavy atom. The van der Waals surface area contributed by atoms with Gasteiger partial charge in [-0.15, -0.1) is 0 Å². The quantitative estimate of drug-likeness (QED) is 0.679. The molecule has 1 amide bonds. The number of amides is 1. The lowest BCUT2D eigenvalue weighted by atomic mass is 9.80. The fourth-order valence-electron chi connectivity index (χ4n) is 4.09. The number of rotatable bonds is 3. The van der Waals surface area contributed by atoms with Crippen molar-refractivity contribution in [3.05, 3.63) is 33.8 Å². The fourth-order valence-corrected chi connectivity index (χ4v) is 4.45. The van der Waals surface area contributed by atoms with Crippen molar-refractivity contribution in [3.8, 4) is 0 Å². The van der Waals surface area contributed by atoms with E-state index < -0.39 is 11.7 Å². The average molecular weight is 404 g/mol. The summed E-state index contributed by atoms with van der Waals surface area (Å²) in [6, 6.07) is 4.63. The number of carbonyl (C=O) groups is 1. The minimum atomic E-state index is -4.34. The lowest BCUT2D eigenvalue weighted by Gasteiger charge is -2.35. The van der Waals surface area contributed by atoms with Crippen LogP contribution in [0.15, 0.2) is 22.7 Å². The molecule has 2 unspecified atom stereocenters. The van der Waals surface area contributed by atoms with Crippen LogP contribution in [0.1, 0.15) is 49.7 Å². The zero-order valence-corrected chi connectivity index (χ0v) is 15.0. The highest BCUT2D eigenvalue weighted by Gasteiger charge is 2.36. The highest BCUT2D eigenvalue weighted by molar-refractivity contribution is 9.10. The van der Waals surface area contributed by atoms with Gasteiger partial charge in [-0.05, 0) is 55.7 Å². The highest BCUT2D eigenvalue weighted by atomic mass is 79.9. The molecule has 24 heavy (non-hydrogen) atoms. The Morgan fingerprint density at radius 1 is 1.21 bits per heavy atom. The number of hydrogen-bond acceptors (Lipinski definition) is 1. The molecule has 1 aliphatic heterocycles. The van der Waals surface area contributed by atoms with Crippen molar-refractivity contribution >= 4 is 21.8 Å². The maximum atomic E-state index is 13.3. The zero-order chi connectivity index (χ0) is 17.3. The summed E-state index contributed by atoms with van der Waals surface area (Å²) in [5.74, 6) is 0.416. The summed E-state index contributed by atoms with van der Waals surface area (Å²) in [4.78, 5) is 13.9. The summed E-state index contributed by atoms with van der Waals surface area (Å²) >= 11 is 3.13. The Morgan fingerprint density at radius 3 is 2.67 bits per heavy atom. The first-order valence-corrected chi connectivity index (χ1v) is 9.29. The third kappa shape index (κ3) is 3.95. The minimum Gasteiger partial charge on any atom is -0.340 e. The molecule has 2 atom stereocenters. The van der Waals surface area contributed by atoms with Crippen molar-refractivity contribution in [2.45, 2.75) is 57.2 Å². The van der Waals surface area contributed by atoms with Gasteiger partial charge >= 0.3 is 6.18 Å². The molecule has 3 rings (SSSR count). The Balaban J connectivity index is 1.73. The zero-order valence-electron chi connectivity index (χ0n) is 13.4. The number of nitrogens with zero attached hydrogens (tertiary/aromatic N) is 1. The van der Waals surface area contributed by atoms with Crippen LogP contribution in [-0.2, 0) is 17.4 Å². The Bertz CT molecular complexity index is 617.